The van der Waals surface area contributed by atoms with E-state index in [0.717, 1.165) is 12.2 Å². The predicted molar refractivity (Wildman–Crippen MR) is 90.3 cm³/mol. The van der Waals surface area contributed by atoms with Crippen LogP contribution in [-0.4, -0.2) is 44.5 Å². The van der Waals surface area contributed by atoms with Gasteiger partial charge in [0.25, 0.3) is 0 Å². The van der Waals surface area contributed by atoms with Crippen LogP contribution < -0.4 is 4.74 Å². The molecule has 0 N–H and O–H groups in total. The summed E-state index contributed by atoms with van der Waals surface area (Å²) in [4.78, 5) is 12.5. The molecule has 23 heavy (non-hydrogen) atoms. The van der Waals surface area contributed by atoms with Gasteiger partial charge in [-0.15, -0.1) is 0 Å². The molecule has 1 aromatic rings. The Labute approximate surface area is 138 Å². The summed E-state index contributed by atoms with van der Waals surface area (Å²) in [7, 11) is -1.57. The van der Waals surface area contributed by atoms with Gasteiger partial charge in [0.15, 0.2) is 5.78 Å². The van der Waals surface area contributed by atoms with Crippen molar-refractivity contribution in [1.29, 1.82) is 0 Å². The number of nitrogens with zero attached hydrogens (tertiary/aromatic N) is 1. The zero-order valence-corrected chi connectivity index (χ0v) is 14.6. The van der Waals surface area contributed by atoms with Gasteiger partial charge in [-0.25, -0.2) is 12.7 Å². The second-order valence-corrected chi connectivity index (χ2v) is 8.02. The van der Waals surface area contributed by atoms with Gasteiger partial charge in [-0.3, -0.25) is 4.79 Å². The molecule has 1 aromatic carbocycles. The van der Waals surface area contributed by atoms with Gasteiger partial charge in [-0.05, 0) is 43.5 Å². The number of hydrogen-bond acceptors (Lipinski definition) is 4. The Bertz CT molecular complexity index is 616. The average Bonchev–Trinajstić information content (AvgIpc) is 2.59. The van der Waals surface area contributed by atoms with E-state index in [1.165, 1.54) is 0 Å². The number of sulfonamides is 1. The standard InChI is InChI=1S/C17H25NO4S/c1-3-4-13-23(20,21)18-11-9-15(10-12-18)17(19)14-5-7-16(22-2)8-6-14/h5-8,15H,3-4,9-13H2,1-2H3. The van der Waals surface area contributed by atoms with E-state index in [4.69, 9.17) is 4.74 Å². The first-order valence-electron chi connectivity index (χ1n) is 8.14. The maximum atomic E-state index is 12.5. The Morgan fingerprint density at radius 3 is 2.35 bits per heavy atom. The monoisotopic (exact) mass is 339 g/mol. The number of benzene rings is 1. The Morgan fingerprint density at radius 2 is 1.83 bits per heavy atom. The fourth-order valence-electron chi connectivity index (χ4n) is 2.84. The predicted octanol–water partition coefficient (Wildman–Crippen LogP) is 2.72. The van der Waals surface area contributed by atoms with Crippen molar-refractivity contribution in [3.8, 4) is 5.75 Å². The van der Waals surface area contributed by atoms with Crippen molar-refractivity contribution in [2.45, 2.75) is 32.6 Å². The van der Waals surface area contributed by atoms with Crippen LogP contribution in [0.3, 0.4) is 0 Å². The molecule has 0 atom stereocenters. The van der Waals surface area contributed by atoms with Gasteiger partial charge in [-0.1, -0.05) is 13.3 Å². The molecule has 0 saturated carbocycles. The molecule has 0 bridgehead atoms. The number of carbonyl (C=O) groups excluding carboxylic acids is 1. The van der Waals surface area contributed by atoms with Crippen LogP contribution in [0.2, 0.25) is 0 Å². The van der Waals surface area contributed by atoms with Crippen LogP contribution in [0.25, 0.3) is 0 Å². The molecule has 128 valence electrons. The van der Waals surface area contributed by atoms with Crippen molar-refractivity contribution in [3.05, 3.63) is 29.8 Å². The first-order chi connectivity index (χ1) is 11.0. The van der Waals surface area contributed by atoms with E-state index < -0.39 is 10.0 Å². The maximum Gasteiger partial charge on any atom is 0.214 e. The quantitative estimate of drug-likeness (QED) is 0.717. The zero-order chi connectivity index (χ0) is 16.9. The second kappa shape index (κ2) is 7.93. The number of unbranched alkanes of at least 4 members (excludes halogenated alkanes) is 1. The third kappa shape index (κ3) is 4.54. The highest BCUT2D eigenvalue weighted by molar-refractivity contribution is 7.89. The lowest BCUT2D eigenvalue weighted by Gasteiger charge is -2.30. The van der Waals surface area contributed by atoms with Crippen molar-refractivity contribution >= 4 is 15.8 Å². The normalized spacial score (nSPS) is 17.1. The van der Waals surface area contributed by atoms with Gasteiger partial charge in [0.05, 0.1) is 12.9 Å². The summed E-state index contributed by atoms with van der Waals surface area (Å²) in [6.07, 6.45) is 2.74. The van der Waals surface area contributed by atoms with Crippen LogP contribution in [0.4, 0.5) is 0 Å². The van der Waals surface area contributed by atoms with Gasteiger partial charge in [-0.2, -0.15) is 0 Å². The summed E-state index contributed by atoms with van der Waals surface area (Å²) >= 11 is 0. The molecule has 5 nitrogen and oxygen atoms in total. The van der Waals surface area contributed by atoms with E-state index in [2.05, 4.69) is 0 Å². The second-order valence-electron chi connectivity index (χ2n) is 5.94. The highest BCUT2D eigenvalue weighted by atomic mass is 32.2. The third-order valence-electron chi connectivity index (χ3n) is 4.35. The van der Waals surface area contributed by atoms with Gasteiger partial charge < -0.3 is 4.74 Å². The number of carbonyl (C=O) groups is 1. The Balaban J connectivity index is 1.94. The minimum Gasteiger partial charge on any atom is -0.497 e. The molecular formula is C17H25NO4S. The number of Topliss-reactive ketones (excluding diaryl/α,β-unsaturated/α-hetero) is 1. The van der Waals surface area contributed by atoms with Gasteiger partial charge >= 0.3 is 0 Å². The fourth-order valence-corrected chi connectivity index (χ4v) is 4.52. The smallest absolute Gasteiger partial charge is 0.214 e. The van der Waals surface area contributed by atoms with E-state index in [1.807, 2.05) is 6.92 Å². The number of hydrogen-bond donors (Lipinski definition) is 0. The number of ether oxygens (including phenoxy) is 1. The van der Waals surface area contributed by atoms with E-state index in [9.17, 15) is 13.2 Å². The molecule has 6 heteroatoms. The average molecular weight is 339 g/mol. The Morgan fingerprint density at radius 1 is 1.22 bits per heavy atom. The van der Waals surface area contributed by atoms with E-state index in [1.54, 1.807) is 35.7 Å². The SMILES string of the molecule is CCCCS(=O)(=O)N1CCC(C(=O)c2ccc(OC)cc2)CC1. The first-order valence-corrected chi connectivity index (χ1v) is 9.75. The summed E-state index contributed by atoms with van der Waals surface area (Å²) < 4.78 is 31.0. The largest absolute Gasteiger partial charge is 0.497 e. The molecule has 0 aliphatic carbocycles. The fraction of sp³-hybridized carbons (Fsp3) is 0.588. The van der Waals surface area contributed by atoms with Gasteiger partial charge in [0.1, 0.15) is 5.75 Å². The minimum absolute atomic E-state index is 0.0956. The van der Waals surface area contributed by atoms with Crippen molar-refractivity contribution in [3.63, 3.8) is 0 Å². The number of ketones is 1. The van der Waals surface area contributed by atoms with Crippen molar-refractivity contribution in [1.82, 2.24) is 4.31 Å². The first kappa shape index (κ1) is 17.9. The van der Waals surface area contributed by atoms with Crippen LogP contribution in [0.15, 0.2) is 24.3 Å². The van der Waals surface area contributed by atoms with Crippen molar-refractivity contribution < 1.29 is 17.9 Å². The summed E-state index contributed by atoms with van der Waals surface area (Å²) in [6.45, 7) is 2.87. The molecule has 1 saturated heterocycles. The third-order valence-corrected chi connectivity index (χ3v) is 6.31. The summed E-state index contributed by atoms with van der Waals surface area (Å²) in [6, 6.07) is 7.09. The van der Waals surface area contributed by atoms with Crippen LogP contribution in [0.1, 0.15) is 43.0 Å². The van der Waals surface area contributed by atoms with Gasteiger partial charge in [0.2, 0.25) is 10.0 Å². The summed E-state index contributed by atoms with van der Waals surface area (Å²) in [5, 5.41) is 0. The zero-order valence-electron chi connectivity index (χ0n) is 13.8. The molecule has 1 heterocycles. The summed E-state index contributed by atoms with van der Waals surface area (Å²) in [5.41, 5.74) is 0.665. The minimum atomic E-state index is -3.16. The lowest BCUT2D eigenvalue weighted by molar-refractivity contribution is 0.0875. The van der Waals surface area contributed by atoms with Crippen LogP contribution >= 0.6 is 0 Å². The Kier molecular flexibility index (Phi) is 6.18. The summed E-state index contributed by atoms with van der Waals surface area (Å²) in [5.74, 6) is 0.929. The number of rotatable bonds is 7. The van der Waals surface area contributed by atoms with E-state index in [-0.39, 0.29) is 17.5 Å². The van der Waals surface area contributed by atoms with Crippen LogP contribution in [0.5, 0.6) is 5.75 Å². The molecule has 0 amide bonds. The van der Waals surface area contributed by atoms with E-state index in [0.29, 0.717) is 37.9 Å². The molecular weight excluding hydrogens is 314 g/mol. The molecule has 1 aliphatic heterocycles. The highest BCUT2D eigenvalue weighted by Gasteiger charge is 2.31. The topological polar surface area (TPSA) is 63.7 Å². The molecule has 2 rings (SSSR count). The molecule has 0 aromatic heterocycles. The van der Waals surface area contributed by atoms with Gasteiger partial charge in [0, 0.05) is 24.6 Å². The molecule has 0 spiro atoms. The lowest BCUT2D eigenvalue weighted by atomic mass is 9.89. The lowest BCUT2D eigenvalue weighted by Crippen LogP contribution is -2.41. The van der Waals surface area contributed by atoms with Crippen molar-refractivity contribution in [2.75, 3.05) is 26.0 Å². The maximum absolute atomic E-state index is 12.5. The Hall–Kier alpha value is -1.40. The molecule has 0 radical (unpaired) electrons. The van der Waals surface area contributed by atoms with Crippen LogP contribution in [-0.2, 0) is 10.0 Å². The van der Waals surface area contributed by atoms with E-state index >= 15 is 0 Å². The molecule has 1 aliphatic rings. The highest BCUT2D eigenvalue weighted by Crippen LogP contribution is 2.24. The van der Waals surface area contributed by atoms with Crippen LogP contribution in [0, 0.1) is 5.92 Å². The molecule has 1 fully saturated rings. The molecule has 0 unspecified atom stereocenters. The number of piperidine rings is 1. The number of methoxy groups -OCH3 is 1. The van der Waals surface area contributed by atoms with Crippen molar-refractivity contribution in [2.24, 2.45) is 5.92 Å².